The van der Waals surface area contributed by atoms with Gasteiger partial charge in [-0.15, -0.1) is 0 Å². The highest BCUT2D eigenvalue weighted by atomic mass is 14.7. The van der Waals surface area contributed by atoms with Crippen LogP contribution in [-0.4, -0.2) is 0 Å². The number of hydrogen-bond acceptors (Lipinski definition) is 4. The molecule has 4 aliphatic rings. The average Bonchev–Trinajstić information content (AvgIpc) is 2.52. The monoisotopic (exact) mass is 348 g/mol. The molecule has 0 aliphatic heterocycles. The zero-order valence-corrected chi connectivity index (χ0v) is 15.2. The third-order valence-electron chi connectivity index (χ3n) is 7.24. The van der Waals surface area contributed by atoms with Gasteiger partial charge < -0.3 is 22.9 Å². The summed E-state index contributed by atoms with van der Waals surface area (Å²) in [6, 6.07) is 12.3. The Bertz CT molecular complexity index is 764. The van der Waals surface area contributed by atoms with Gasteiger partial charge in [-0.1, -0.05) is 0 Å². The van der Waals surface area contributed by atoms with Crippen molar-refractivity contribution in [1.82, 2.24) is 0 Å². The first-order valence-electron chi connectivity index (χ1n) is 9.69. The van der Waals surface area contributed by atoms with E-state index < -0.39 is 0 Å². The number of benzene rings is 2. The zero-order valence-electron chi connectivity index (χ0n) is 15.2. The van der Waals surface area contributed by atoms with Gasteiger partial charge in [0.05, 0.1) is 0 Å². The maximum Gasteiger partial charge on any atom is 0.0337 e. The van der Waals surface area contributed by atoms with E-state index in [-0.39, 0.29) is 10.8 Å². The molecular weight excluding hydrogens is 320 g/mol. The second kappa shape index (κ2) is 5.09. The maximum atomic E-state index is 6.15. The summed E-state index contributed by atoms with van der Waals surface area (Å²) in [5, 5.41) is 0. The molecule has 26 heavy (non-hydrogen) atoms. The molecule has 0 aromatic heterocycles. The Morgan fingerprint density at radius 2 is 0.923 bits per heavy atom. The van der Waals surface area contributed by atoms with Crippen LogP contribution in [-0.2, 0) is 10.8 Å². The molecule has 6 rings (SSSR count). The summed E-state index contributed by atoms with van der Waals surface area (Å²) in [6.45, 7) is 0. The van der Waals surface area contributed by atoms with Gasteiger partial charge >= 0.3 is 0 Å². The van der Waals surface area contributed by atoms with Crippen molar-refractivity contribution in [2.45, 2.75) is 49.4 Å². The van der Waals surface area contributed by atoms with E-state index in [2.05, 4.69) is 24.3 Å². The third kappa shape index (κ3) is 2.28. The smallest absolute Gasteiger partial charge is 0.0337 e. The van der Waals surface area contributed by atoms with Crippen LogP contribution in [0.15, 0.2) is 36.4 Å². The normalized spacial score (nSPS) is 34.9. The number of rotatable bonds is 2. The summed E-state index contributed by atoms with van der Waals surface area (Å²) in [5.41, 5.74) is 30.8. The molecular formula is C22H28N4. The fourth-order valence-corrected chi connectivity index (χ4v) is 6.90. The molecule has 0 heterocycles. The molecule has 4 bridgehead atoms. The number of hydrogen-bond donors (Lipinski definition) is 4. The van der Waals surface area contributed by atoms with E-state index in [1.807, 2.05) is 12.1 Å². The lowest BCUT2D eigenvalue weighted by Gasteiger charge is -2.63. The molecule has 2 aromatic carbocycles. The molecule has 0 unspecified atom stereocenters. The fourth-order valence-electron chi connectivity index (χ4n) is 6.90. The lowest BCUT2D eigenvalue weighted by molar-refractivity contribution is -0.0280. The van der Waals surface area contributed by atoms with E-state index in [1.54, 1.807) is 0 Å². The minimum absolute atomic E-state index is 0.187. The van der Waals surface area contributed by atoms with E-state index in [0.717, 1.165) is 41.0 Å². The first kappa shape index (κ1) is 15.9. The predicted octanol–water partition coefficient (Wildman–Crippen LogP) is 3.81. The van der Waals surface area contributed by atoms with Crippen molar-refractivity contribution in [1.29, 1.82) is 0 Å². The second-order valence-corrected chi connectivity index (χ2v) is 9.30. The van der Waals surface area contributed by atoms with Gasteiger partial charge in [0, 0.05) is 22.7 Å². The predicted molar refractivity (Wildman–Crippen MR) is 109 cm³/mol. The molecule has 4 saturated carbocycles. The molecule has 0 atom stereocenters. The Morgan fingerprint density at radius 3 is 1.27 bits per heavy atom. The van der Waals surface area contributed by atoms with Crippen molar-refractivity contribution in [3.05, 3.63) is 47.5 Å². The molecule has 0 saturated heterocycles. The summed E-state index contributed by atoms with van der Waals surface area (Å²) in [5.74, 6) is 1.53. The van der Waals surface area contributed by atoms with Crippen LogP contribution in [0.1, 0.15) is 49.7 Å². The van der Waals surface area contributed by atoms with Gasteiger partial charge in [0.25, 0.3) is 0 Å². The first-order valence-corrected chi connectivity index (χ1v) is 9.69. The highest BCUT2D eigenvalue weighted by Crippen LogP contribution is 2.66. The minimum Gasteiger partial charge on any atom is -0.399 e. The quantitative estimate of drug-likeness (QED) is 0.620. The van der Waals surface area contributed by atoms with Gasteiger partial charge in [-0.25, -0.2) is 0 Å². The summed E-state index contributed by atoms with van der Waals surface area (Å²) in [7, 11) is 0. The molecule has 4 nitrogen and oxygen atoms in total. The zero-order chi connectivity index (χ0) is 18.1. The van der Waals surface area contributed by atoms with Crippen LogP contribution < -0.4 is 22.9 Å². The Balaban J connectivity index is 1.64. The fraction of sp³-hybridized carbons (Fsp3) is 0.455. The van der Waals surface area contributed by atoms with Crippen molar-refractivity contribution in [2.24, 2.45) is 11.8 Å². The lowest BCUT2D eigenvalue weighted by atomic mass is 9.41. The van der Waals surface area contributed by atoms with Gasteiger partial charge in [-0.3, -0.25) is 0 Å². The van der Waals surface area contributed by atoms with Crippen LogP contribution in [0.25, 0.3) is 0 Å². The lowest BCUT2D eigenvalue weighted by Crippen LogP contribution is -2.56. The number of nitrogen functional groups attached to an aromatic ring is 4. The first-order chi connectivity index (χ1) is 12.4. The van der Waals surface area contributed by atoms with E-state index in [9.17, 15) is 0 Å². The minimum atomic E-state index is 0.187. The van der Waals surface area contributed by atoms with Gasteiger partial charge in [0.2, 0.25) is 0 Å². The third-order valence-corrected chi connectivity index (χ3v) is 7.24. The summed E-state index contributed by atoms with van der Waals surface area (Å²) in [6.07, 6.45) is 7.54. The van der Waals surface area contributed by atoms with Gasteiger partial charge in [-0.2, -0.15) is 0 Å². The van der Waals surface area contributed by atoms with Crippen LogP contribution in [0, 0.1) is 11.8 Å². The number of nitrogens with two attached hydrogens (primary N) is 4. The van der Waals surface area contributed by atoms with Crippen molar-refractivity contribution < 1.29 is 0 Å². The Hall–Kier alpha value is -2.36. The van der Waals surface area contributed by atoms with E-state index >= 15 is 0 Å². The molecule has 4 heteroatoms. The summed E-state index contributed by atoms with van der Waals surface area (Å²) >= 11 is 0. The Labute approximate surface area is 154 Å². The van der Waals surface area contributed by atoms with Gasteiger partial charge in [0.1, 0.15) is 0 Å². The van der Waals surface area contributed by atoms with Crippen molar-refractivity contribution >= 4 is 22.7 Å². The van der Waals surface area contributed by atoms with Crippen molar-refractivity contribution in [3.8, 4) is 0 Å². The molecule has 8 N–H and O–H groups in total. The van der Waals surface area contributed by atoms with E-state index in [0.29, 0.717) is 0 Å². The molecule has 0 spiro atoms. The SMILES string of the molecule is Nc1cc(N)cc(C23CC4CC(C2)CC(c2cc(N)cc(N)c2)(C4)C3)c1. The molecule has 2 aromatic rings. The summed E-state index contributed by atoms with van der Waals surface area (Å²) in [4.78, 5) is 0. The van der Waals surface area contributed by atoms with Crippen LogP contribution in [0.4, 0.5) is 22.7 Å². The molecule has 136 valence electrons. The molecule has 0 radical (unpaired) electrons. The summed E-state index contributed by atoms with van der Waals surface area (Å²) < 4.78 is 0. The highest BCUT2D eigenvalue weighted by Gasteiger charge is 2.58. The largest absolute Gasteiger partial charge is 0.399 e. The Morgan fingerprint density at radius 1 is 0.577 bits per heavy atom. The van der Waals surface area contributed by atoms with Crippen molar-refractivity contribution in [2.75, 3.05) is 22.9 Å². The van der Waals surface area contributed by atoms with E-state index in [1.165, 1.54) is 43.2 Å². The van der Waals surface area contributed by atoms with Crippen molar-refractivity contribution in [3.63, 3.8) is 0 Å². The van der Waals surface area contributed by atoms with Crippen LogP contribution in [0.3, 0.4) is 0 Å². The van der Waals surface area contributed by atoms with Gasteiger partial charge in [0.15, 0.2) is 0 Å². The van der Waals surface area contributed by atoms with Crippen LogP contribution in [0.5, 0.6) is 0 Å². The molecule has 4 aliphatic carbocycles. The highest BCUT2D eigenvalue weighted by molar-refractivity contribution is 5.59. The second-order valence-electron chi connectivity index (χ2n) is 9.30. The molecule has 0 amide bonds. The van der Waals surface area contributed by atoms with Gasteiger partial charge in [-0.05, 0) is 109 Å². The van der Waals surface area contributed by atoms with Crippen LogP contribution in [0.2, 0.25) is 0 Å². The maximum absolute atomic E-state index is 6.15. The standard InChI is InChI=1S/C22H28N4/c23-17-2-15(3-18(24)6-17)21-8-13-1-14(9-21)11-22(10-13,12-21)16-4-19(25)7-20(26)5-16/h2-7,13-14H,1,8-12,23-26H2. The Kier molecular flexibility index (Phi) is 3.10. The van der Waals surface area contributed by atoms with E-state index in [4.69, 9.17) is 22.9 Å². The van der Waals surface area contributed by atoms with Crippen LogP contribution >= 0.6 is 0 Å². The topological polar surface area (TPSA) is 104 Å². The number of anilines is 4. The molecule has 4 fully saturated rings. The average molecular weight is 348 g/mol.